The first-order chi connectivity index (χ1) is 31.4. The van der Waals surface area contributed by atoms with Crippen LogP contribution in [-0.2, 0) is 16.2 Å². The quantitative estimate of drug-likeness (QED) is 0.174. The lowest BCUT2D eigenvalue weighted by atomic mass is 9.36. The molecule has 0 amide bonds. The number of nitrogens with zero attached hydrogens (tertiary/aromatic N) is 2. The molecule has 0 radical (unpaired) electrons. The van der Waals surface area contributed by atoms with Gasteiger partial charge in [0, 0.05) is 60.3 Å². The first-order valence-corrected chi connectivity index (χ1v) is 25.1. The molecule has 1 aromatic heterocycles. The molecular formula is C61H64BN3S. The summed E-state index contributed by atoms with van der Waals surface area (Å²) in [6.07, 6.45) is 8.50. The normalized spacial score (nSPS) is 18.2. The summed E-state index contributed by atoms with van der Waals surface area (Å²) in [6, 6.07) is 48.6. The van der Waals surface area contributed by atoms with Crippen LogP contribution in [0.3, 0.4) is 0 Å². The van der Waals surface area contributed by atoms with Crippen molar-refractivity contribution in [3.05, 3.63) is 173 Å². The highest BCUT2D eigenvalue weighted by Gasteiger charge is 2.47. The molecule has 332 valence electrons. The van der Waals surface area contributed by atoms with E-state index in [1.54, 1.807) is 0 Å². The van der Waals surface area contributed by atoms with Gasteiger partial charge in [0.15, 0.2) is 0 Å². The lowest BCUT2D eigenvalue weighted by Gasteiger charge is -2.45. The van der Waals surface area contributed by atoms with Crippen LogP contribution in [0, 0.1) is 18.3 Å². The van der Waals surface area contributed by atoms with E-state index in [-0.39, 0.29) is 28.4 Å². The van der Waals surface area contributed by atoms with Crippen molar-refractivity contribution < 1.29 is 0 Å². The van der Waals surface area contributed by atoms with Gasteiger partial charge >= 0.3 is 0 Å². The molecule has 0 fully saturated rings. The van der Waals surface area contributed by atoms with Gasteiger partial charge in [-0.2, -0.15) is 0 Å². The summed E-state index contributed by atoms with van der Waals surface area (Å²) in [6.45, 7) is 26.3. The monoisotopic (exact) mass is 881 g/mol. The number of rotatable bonds is 5. The molecule has 7 aromatic rings. The van der Waals surface area contributed by atoms with Gasteiger partial charge in [-0.1, -0.05) is 148 Å². The molecule has 1 N–H and O–H groups in total. The lowest BCUT2D eigenvalue weighted by molar-refractivity contribution is 0.294. The maximum absolute atomic E-state index is 3.81. The molecule has 66 heavy (non-hydrogen) atoms. The molecular weight excluding hydrogens is 818 g/mol. The Kier molecular flexibility index (Phi) is 9.81. The van der Waals surface area contributed by atoms with E-state index in [0.29, 0.717) is 5.92 Å². The fourth-order valence-corrected chi connectivity index (χ4v) is 12.8. The molecule has 2 aliphatic heterocycles. The van der Waals surface area contributed by atoms with Crippen molar-refractivity contribution in [1.82, 2.24) is 0 Å². The van der Waals surface area contributed by atoms with Crippen molar-refractivity contribution in [2.75, 3.05) is 15.1 Å². The fraction of sp³-hybridized carbons (Fsp3) is 0.311. The van der Waals surface area contributed by atoms with E-state index in [1.807, 2.05) is 11.3 Å². The third-order valence-corrected chi connectivity index (χ3v) is 16.7. The zero-order valence-corrected chi connectivity index (χ0v) is 41.7. The van der Waals surface area contributed by atoms with Crippen LogP contribution in [0.4, 0.5) is 39.8 Å². The van der Waals surface area contributed by atoms with Crippen LogP contribution in [0.5, 0.6) is 0 Å². The van der Waals surface area contributed by atoms with Crippen LogP contribution in [0.15, 0.2) is 145 Å². The van der Waals surface area contributed by atoms with E-state index in [0.717, 1.165) is 17.8 Å². The van der Waals surface area contributed by atoms with Gasteiger partial charge < -0.3 is 15.1 Å². The Morgan fingerprint density at radius 1 is 0.667 bits per heavy atom. The van der Waals surface area contributed by atoms with Gasteiger partial charge in [-0.15, -0.1) is 11.3 Å². The molecule has 4 aliphatic rings. The molecule has 0 saturated heterocycles. The van der Waals surface area contributed by atoms with Crippen molar-refractivity contribution >= 4 is 89.2 Å². The topological polar surface area (TPSA) is 18.5 Å². The molecule has 0 saturated carbocycles. The Balaban J connectivity index is 1.22. The van der Waals surface area contributed by atoms with Gasteiger partial charge in [0.2, 0.25) is 0 Å². The Bertz CT molecular complexity index is 3120. The van der Waals surface area contributed by atoms with Crippen LogP contribution in [0.1, 0.15) is 116 Å². The van der Waals surface area contributed by atoms with Gasteiger partial charge in [-0.25, -0.2) is 0 Å². The third kappa shape index (κ3) is 6.98. The van der Waals surface area contributed by atoms with Gasteiger partial charge in [-0.3, -0.25) is 0 Å². The maximum atomic E-state index is 3.81. The average molecular weight is 882 g/mol. The van der Waals surface area contributed by atoms with E-state index in [9.17, 15) is 0 Å². The number of anilines is 7. The molecule has 3 heterocycles. The number of allylic oxidation sites excluding steroid dienone is 3. The van der Waals surface area contributed by atoms with Crippen molar-refractivity contribution in [1.29, 1.82) is 0 Å². The van der Waals surface area contributed by atoms with Crippen molar-refractivity contribution in [2.45, 2.75) is 112 Å². The number of aryl methyl sites for hydroxylation is 1. The summed E-state index contributed by atoms with van der Waals surface area (Å²) >= 11 is 2.03. The van der Waals surface area contributed by atoms with Crippen molar-refractivity contribution in [2.24, 2.45) is 11.3 Å². The summed E-state index contributed by atoms with van der Waals surface area (Å²) in [4.78, 5) is 5.30. The summed E-state index contributed by atoms with van der Waals surface area (Å²) < 4.78 is 2.81. The third-order valence-electron chi connectivity index (χ3n) is 15.5. The fourth-order valence-electron chi connectivity index (χ4n) is 11.5. The molecule has 2 aliphatic carbocycles. The van der Waals surface area contributed by atoms with Crippen LogP contribution in [-0.4, -0.2) is 6.71 Å². The molecule has 0 bridgehead atoms. The van der Waals surface area contributed by atoms with E-state index in [2.05, 4.69) is 231 Å². The van der Waals surface area contributed by atoms with Crippen LogP contribution >= 0.6 is 11.3 Å². The largest absolute Gasteiger partial charge is 0.355 e. The van der Waals surface area contributed by atoms with Crippen molar-refractivity contribution in [3.63, 3.8) is 0 Å². The molecule has 6 aromatic carbocycles. The highest BCUT2D eigenvalue weighted by atomic mass is 32.1. The van der Waals surface area contributed by atoms with E-state index >= 15 is 0 Å². The minimum atomic E-state index is 0.0406. The van der Waals surface area contributed by atoms with Crippen molar-refractivity contribution in [3.8, 4) is 0 Å². The highest BCUT2D eigenvalue weighted by Crippen LogP contribution is 2.53. The molecule has 11 rings (SSSR count). The van der Waals surface area contributed by atoms with Crippen LogP contribution in [0.25, 0.3) is 15.7 Å². The summed E-state index contributed by atoms with van der Waals surface area (Å²) in [5.41, 5.74) is 21.0. The van der Waals surface area contributed by atoms with Gasteiger partial charge in [0.05, 0.1) is 5.69 Å². The zero-order valence-electron chi connectivity index (χ0n) is 40.9. The van der Waals surface area contributed by atoms with Gasteiger partial charge in [0.1, 0.15) is 0 Å². The summed E-state index contributed by atoms with van der Waals surface area (Å²) in [7, 11) is 0. The first kappa shape index (κ1) is 42.8. The number of para-hydroxylation sites is 1. The smallest absolute Gasteiger partial charge is 0.264 e. The predicted molar refractivity (Wildman–Crippen MR) is 288 cm³/mol. The number of hydrogen-bond acceptors (Lipinski definition) is 4. The van der Waals surface area contributed by atoms with Gasteiger partial charge in [-0.05, 0) is 153 Å². The second-order valence-electron chi connectivity index (χ2n) is 23.1. The molecule has 0 spiro atoms. The highest BCUT2D eigenvalue weighted by molar-refractivity contribution is 7.33. The van der Waals surface area contributed by atoms with E-state index in [1.165, 1.54) is 106 Å². The second kappa shape index (κ2) is 15.1. The zero-order chi connectivity index (χ0) is 46.1. The summed E-state index contributed by atoms with van der Waals surface area (Å²) in [5.74, 6) is 0.402. The average Bonchev–Trinajstić information content (AvgIpc) is 3.65. The minimum Gasteiger partial charge on any atom is -0.355 e. The van der Waals surface area contributed by atoms with Gasteiger partial charge in [0.25, 0.3) is 6.71 Å². The number of hydrogen-bond donors (Lipinski definition) is 1. The number of fused-ring (bicyclic) bond motifs is 7. The Hall–Kier alpha value is -5.78. The Morgan fingerprint density at radius 2 is 1.30 bits per heavy atom. The molecule has 3 nitrogen and oxygen atoms in total. The van der Waals surface area contributed by atoms with E-state index in [4.69, 9.17) is 0 Å². The lowest BCUT2D eigenvalue weighted by Crippen LogP contribution is -2.61. The maximum Gasteiger partial charge on any atom is 0.264 e. The SMILES string of the molecule is Cc1cc2c3c(c1)N(c1ccc(C(C)(C)C)cc1)c1c(sc4cc5c(cc14)C(C)(C)CCC5(C)C)B3c1ccc(Nc3ccccc3)cc1N2C1=CCC(C(C)(C)C)C=C1c1ccccc1. The minimum absolute atomic E-state index is 0.0406. The molecule has 1 unspecified atom stereocenters. The number of nitrogens with one attached hydrogen (secondary N) is 1. The van der Waals surface area contributed by atoms with Crippen LogP contribution in [0.2, 0.25) is 0 Å². The second-order valence-corrected chi connectivity index (χ2v) is 24.2. The predicted octanol–water partition coefficient (Wildman–Crippen LogP) is 15.4. The molecule has 1 atom stereocenters. The number of thiophene rings is 1. The van der Waals surface area contributed by atoms with E-state index < -0.39 is 0 Å². The summed E-state index contributed by atoms with van der Waals surface area (Å²) in [5, 5.41) is 5.18. The Labute approximate surface area is 398 Å². The molecule has 5 heteroatoms. The Morgan fingerprint density at radius 3 is 1.95 bits per heavy atom. The van der Waals surface area contributed by atoms with Crippen LogP contribution < -0.4 is 30.8 Å². The number of benzene rings is 6. The standard InChI is InChI=1S/C61H64BN3S/c1-38-32-52-55-53(33-38)65(50-29-24-41(59(5,6)7)34-45(50)39-18-14-12-15-19-39)51-35-43(63-42-20-16-13-17-21-42)25-28-49(51)62(55)57-56(64(52)44-26-22-40(23-27-44)58(2,3)4)46-36-47-48(37-54(46)66-57)61(10,11)31-30-60(47,8)9/h12-23,25-29,32-37,41,63H,24,30-31H2,1-11H3. The first-order valence-electron chi connectivity index (χ1n) is 24.3.